The van der Waals surface area contributed by atoms with Gasteiger partial charge >= 0.3 is 0 Å². The summed E-state index contributed by atoms with van der Waals surface area (Å²) < 4.78 is 0. The van der Waals surface area contributed by atoms with Crippen LogP contribution in [0, 0.1) is 18.3 Å². The van der Waals surface area contributed by atoms with E-state index >= 15 is 0 Å². The minimum atomic E-state index is 0.689. The van der Waals surface area contributed by atoms with E-state index in [1.807, 2.05) is 36.7 Å². The van der Waals surface area contributed by atoms with Crippen molar-refractivity contribution in [3.05, 3.63) is 45.9 Å². The third kappa shape index (κ3) is 3.05. The number of benzene rings is 1. The summed E-state index contributed by atoms with van der Waals surface area (Å²) in [6.45, 7) is 2.92. The van der Waals surface area contributed by atoms with Crippen LogP contribution in [0.3, 0.4) is 0 Å². The quantitative estimate of drug-likeness (QED) is 0.898. The van der Waals surface area contributed by atoms with E-state index in [1.54, 1.807) is 11.3 Å². The van der Waals surface area contributed by atoms with Crippen molar-refractivity contribution in [3.8, 4) is 6.07 Å². The molecule has 0 unspecified atom stereocenters. The van der Waals surface area contributed by atoms with Gasteiger partial charge in [0.25, 0.3) is 0 Å². The van der Waals surface area contributed by atoms with Crippen LogP contribution in [-0.4, -0.2) is 11.5 Å². The third-order valence-corrected chi connectivity index (χ3v) is 3.53. The molecular weight excluding hydrogens is 230 g/mol. The Morgan fingerprint density at radius 3 is 2.71 bits per heavy atom. The van der Waals surface area contributed by atoms with Gasteiger partial charge in [-0.2, -0.15) is 5.26 Å². The SMILES string of the molecule is Cc1ncsc1CCNc1ccc(C#N)cc1. The largest absolute Gasteiger partial charge is 0.385 e. The maximum absolute atomic E-state index is 8.68. The second-order valence-corrected chi connectivity index (χ2v) is 4.67. The van der Waals surface area contributed by atoms with Crippen LogP contribution in [0.4, 0.5) is 5.69 Å². The predicted octanol–water partition coefficient (Wildman–Crippen LogP) is 2.98. The van der Waals surface area contributed by atoms with Crippen LogP contribution in [0.2, 0.25) is 0 Å². The second-order valence-electron chi connectivity index (χ2n) is 3.73. The molecule has 1 N–H and O–H groups in total. The minimum absolute atomic E-state index is 0.689. The number of hydrogen-bond acceptors (Lipinski definition) is 4. The van der Waals surface area contributed by atoms with Gasteiger partial charge in [-0.1, -0.05) is 0 Å². The minimum Gasteiger partial charge on any atom is -0.385 e. The highest BCUT2D eigenvalue weighted by Crippen LogP contribution is 2.13. The topological polar surface area (TPSA) is 48.7 Å². The molecule has 0 radical (unpaired) electrons. The molecule has 86 valence electrons. The van der Waals surface area contributed by atoms with Crippen molar-refractivity contribution in [1.82, 2.24) is 4.98 Å². The lowest BCUT2D eigenvalue weighted by atomic mass is 10.2. The molecule has 4 heteroatoms. The number of rotatable bonds is 4. The molecule has 0 amide bonds. The number of aromatic nitrogens is 1. The average Bonchev–Trinajstić information content (AvgIpc) is 2.76. The number of nitrogens with zero attached hydrogens (tertiary/aromatic N) is 2. The zero-order chi connectivity index (χ0) is 12.1. The summed E-state index contributed by atoms with van der Waals surface area (Å²) in [5.74, 6) is 0. The van der Waals surface area contributed by atoms with Gasteiger partial charge in [-0.05, 0) is 31.2 Å². The monoisotopic (exact) mass is 243 g/mol. The number of thiazole rings is 1. The van der Waals surface area contributed by atoms with Gasteiger partial charge in [0.15, 0.2) is 0 Å². The van der Waals surface area contributed by atoms with Crippen LogP contribution >= 0.6 is 11.3 Å². The molecule has 1 aromatic heterocycles. The van der Waals surface area contributed by atoms with E-state index in [2.05, 4.69) is 16.4 Å². The highest BCUT2D eigenvalue weighted by Gasteiger charge is 2.00. The lowest BCUT2D eigenvalue weighted by molar-refractivity contribution is 1.02. The van der Waals surface area contributed by atoms with Crippen LogP contribution in [0.1, 0.15) is 16.1 Å². The zero-order valence-electron chi connectivity index (χ0n) is 9.60. The Hall–Kier alpha value is -1.86. The zero-order valence-corrected chi connectivity index (χ0v) is 10.4. The number of anilines is 1. The molecule has 0 atom stereocenters. The summed E-state index contributed by atoms with van der Waals surface area (Å²) in [4.78, 5) is 5.54. The number of hydrogen-bond donors (Lipinski definition) is 1. The van der Waals surface area contributed by atoms with Gasteiger partial charge in [-0.15, -0.1) is 11.3 Å². The summed E-state index contributed by atoms with van der Waals surface area (Å²) >= 11 is 1.70. The Balaban J connectivity index is 1.86. The molecule has 0 saturated carbocycles. The number of aryl methyl sites for hydroxylation is 1. The first-order valence-electron chi connectivity index (χ1n) is 5.42. The third-order valence-electron chi connectivity index (χ3n) is 2.54. The van der Waals surface area contributed by atoms with Crippen molar-refractivity contribution in [2.45, 2.75) is 13.3 Å². The van der Waals surface area contributed by atoms with Crippen molar-refractivity contribution in [2.24, 2.45) is 0 Å². The highest BCUT2D eigenvalue weighted by molar-refractivity contribution is 7.09. The molecule has 1 aromatic carbocycles. The smallest absolute Gasteiger partial charge is 0.0991 e. The van der Waals surface area contributed by atoms with E-state index in [0.29, 0.717) is 5.56 Å². The van der Waals surface area contributed by atoms with Crippen molar-refractivity contribution in [3.63, 3.8) is 0 Å². The van der Waals surface area contributed by atoms with E-state index in [1.165, 1.54) is 4.88 Å². The molecule has 2 aromatic rings. The van der Waals surface area contributed by atoms with Gasteiger partial charge in [0.2, 0.25) is 0 Å². The van der Waals surface area contributed by atoms with Crippen LogP contribution in [0.15, 0.2) is 29.8 Å². The van der Waals surface area contributed by atoms with Crippen LogP contribution < -0.4 is 5.32 Å². The Kier molecular flexibility index (Phi) is 3.73. The van der Waals surface area contributed by atoms with Gasteiger partial charge in [0.05, 0.1) is 22.8 Å². The standard InChI is InChI=1S/C13H13N3S/c1-10-13(17-9-16-10)6-7-15-12-4-2-11(8-14)3-5-12/h2-5,9,15H,6-7H2,1H3. The van der Waals surface area contributed by atoms with Crippen molar-refractivity contribution in [2.75, 3.05) is 11.9 Å². The lowest BCUT2D eigenvalue weighted by Gasteiger charge is -2.05. The van der Waals surface area contributed by atoms with E-state index in [-0.39, 0.29) is 0 Å². The summed E-state index contributed by atoms with van der Waals surface area (Å²) in [6.07, 6.45) is 0.983. The summed E-state index contributed by atoms with van der Waals surface area (Å²) in [5.41, 5.74) is 4.74. The van der Waals surface area contributed by atoms with Gasteiger partial charge in [0.1, 0.15) is 0 Å². The molecule has 0 spiro atoms. The Labute approximate surface area is 105 Å². The molecule has 0 bridgehead atoms. The van der Waals surface area contributed by atoms with E-state index in [9.17, 15) is 0 Å². The number of nitriles is 1. The van der Waals surface area contributed by atoms with Crippen LogP contribution in [0.25, 0.3) is 0 Å². The first-order chi connectivity index (χ1) is 8.29. The molecule has 3 nitrogen and oxygen atoms in total. The maximum atomic E-state index is 8.68. The molecule has 0 aliphatic carbocycles. The molecule has 1 heterocycles. The Morgan fingerprint density at radius 1 is 1.35 bits per heavy atom. The van der Waals surface area contributed by atoms with E-state index in [0.717, 1.165) is 24.3 Å². The lowest BCUT2D eigenvalue weighted by Crippen LogP contribution is -2.04. The summed E-state index contributed by atoms with van der Waals surface area (Å²) in [7, 11) is 0. The molecule has 0 saturated heterocycles. The average molecular weight is 243 g/mol. The fourth-order valence-corrected chi connectivity index (χ4v) is 2.33. The number of nitrogens with one attached hydrogen (secondary N) is 1. The molecule has 2 rings (SSSR count). The second kappa shape index (κ2) is 5.46. The van der Waals surface area contributed by atoms with Gasteiger partial charge < -0.3 is 5.32 Å². The Morgan fingerprint density at radius 2 is 2.12 bits per heavy atom. The Bertz CT molecular complexity index is 522. The van der Waals surface area contributed by atoms with Gasteiger partial charge in [0, 0.05) is 23.5 Å². The van der Waals surface area contributed by atoms with Gasteiger partial charge in [-0.25, -0.2) is 4.98 Å². The van der Waals surface area contributed by atoms with Crippen molar-refractivity contribution < 1.29 is 0 Å². The maximum Gasteiger partial charge on any atom is 0.0991 e. The van der Waals surface area contributed by atoms with Gasteiger partial charge in [-0.3, -0.25) is 0 Å². The molecule has 0 aliphatic heterocycles. The molecule has 0 aliphatic rings. The molecule has 17 heavy (non-hydrogen) atoms. The fourth-order valence-electron chi connectivity index (χ4n) is 1.55. The first kappa shape index (κ1) is 11.6. The van der Waals surface area contributed by atoms with E-state index in [4.69, 9.17) is 5.26 Å². The summed E-state index contributed by atoms with van der Waals surface area (Å²) in [6, 6.07) is 9.60. The molecule has 0 fully saturated rings. The normalized spacial score (nSPS) is 9.88. The fraction of sp³-hybridized carbons (Fsp3) is 0.231. The predicted molar refractivity (Wildman–Crippen MR) is 70.2 cm³/mol. The highest BCUT2D eigenvalue weighted by atomic mass is 32.1. The van der Waals surface area contributed by atoms with Crippen LogP contribution in [-0.2, 0) is 6.42 Å². The van der Waals surface area contributed by atoms with Crippen molar-refractivity contribution in [1.29, 1.82) is 5.26 Å². The summed E-state index contributed by atoms with van der Waals surface area (Å²) in [5, 5.41) is 12.0. The van der Waals surface area contributed by atoms with Crippen LogP contribution in [0.5, 0.6) is 0 Å². The van der Waals surface area contributed by atoms with E-state index < -0.39 is 0 Å². The molecular formula is C13H13N3S. The van der Waals surface area contributed by atoms with Crippen molar-refractivity contribution >= 4 is 17.0 Å². The first-order valence-corrected chi connectivity index (χ1v) is 6.30.